The molecule has 1 saturated heterocycles. The Labute approximate surface area is 119 Å². The van der Waals surface area contributed by atoms with Gasteiger partial charge in [0, 0.05) is 19.3 Å². The number of carbonyl (C=O) groups excluding carboxylic acids is 1. The van der Waals surface area contributed by atoms with Gasteiger partial charge in [-0.15, -0.1) is 10.2 Å². The Hall–Kier alpha value is -2.06. The summed E-state index contributed by atoms with van der Waals surface area (Å²) in [7, 11) is 0. The summed E-state index contributed by atoms with van der Waals surface area (Å²) in [4.78, 5) is 18.7. The zero-order valence-corrected chi connectivity index (χ0v) is 11.5. The number of rotatable bonds is 3. The Balaban J connectivity index is 1.83. The second-order valence-corrected chi connectivity index (χ2v) is 5.01. The Morgan fingerprint density at radius 1 is 1.40 bits per heavy atom. The van der Waals surface area contributed by atoms with Crippen molar-refractivity contribution in [3.05, 3.63) is 29.4 Å². The Kier molecular flexibility index (Phi) is 3.84. The molecule has 0 aromatic carbocycles. The van der Waals surface area contributed by atoms with Gasteiger partial charge in [-0.05, 0) is 12.1 Å². The summed E-state index contributed by atoms with van der Waals surface area (Å²) < 4.78 is 5.32. The van der Waals surface area contributed by atoms with Crippen LogP contribution in [-0.4, -0.2) is 47.4 Å². The lowest BCUT2D eigenvalue weighted by atomic mass is 10.2. The molecule has 20 heavy (non-hydrogen) atoms. The van der Waals surface area contributed by atoms with Crippen LogP contribution in [0.4, 0.5) is 10.9 Å². The maximum Gasteiger partial charge on any atom is 0.261 e. The first-order valence-electron chi connectivity index (χ1n) is 6.20. The van der Waals surface area contributed by atoms with Gasteiger partial charge in [0.05, 0.1) is 18.8 Å². The number of pyridine rings is 1. The smallest absolute Gasteiger partial charge is 0.261 e. The molecule has 0 spiro atoms. The van der Waals surface area contributed by atoms with Gasteiger partial charge in [-0.1, -0.05) is 11.3 Å². The third-order valence-corrected chi connectivity index (χ3v) is 3.53. The second kappa shape index (κ2) is 5.93. The van der Waals surface area contributed by atoms with Crippen molar-refractivity contribution >= 4 is 28.2 Å². The van der Waals surface area contributed by atoms with E-state index in [1.54, 1.807) is 23.8 Å². The second-order valence-electron chi connectivity index (χ2n) is 4.17. The zero-order valence-electron chi connectivity index (χ0n) is 10.7. The van der Waals surface area contributed by atoms with Crippen molar-refractivity contribution in [1.29, 1.82) is 0 Å². The minimum Gasteiger partial charge on any atom is -0.378 e. The molecule has 3 rings (SSSR count). The van der Waals surface area contributed by atoms with E-state index < -0.39 is 0 Å². The highest BCUT2D eigenvalue weighted by Gasteiger charge is 2.20. The first-order valence-corrected chi connectivity index (χ1v) is 7.08. The van der Waals surface area contributed by atoms with Gasteiger partial charge in [-0.3, -0.25) is 10.1 Å². The molecule has 1 N–H and O–H groups in total. The van der Waals surface area contributed by atoms with Crippen LogP contribution in [0.3, 0.4) is 0 Å². The predicted molar refractivity (Wildman–Crippen MR) is 75.1 cm³/mol. The predicted octanol–water partition coefficient (Wildman–Crippen LogP) is 1.02. The molecule has 1 fully saturated rings. The lowest BCUT2D eigenvalue weighted by Crippen LogP contribution is -2.38. The molecule has 0 saturated carbocycles. The van der Waals surface area contributed by atoms with Crippen molar-refractivity contribution < 1.29 is 9.53 Å². The molecule has 8 heteroatoms. The van der Waals surface area contributed by atoms with Crippen molar-refractivity contribution in [3.63, 3.8) is 0 Å². The van der Waals surface area contributed by atoms with Crippen LogP contribution in [0.1, 0.15) is 10.4 Å². The summed E-state index contributed by atoms with van der Waals surface area (Å²) in [5, 5.41) is 10.7. The topological polar surface area (TPSA) is 80.2 Å². The fourth-order valence-electron chi connectivity index (χ4n) is 1.99. The molecule has 3 heterocycles. The quantitative estimate of drug-likeness (QED) is 0.909. The molecule has 1 aliphatic heterocycles. The normalized spacial score (nSPS) is 15.1. The van der Waals surface area contributed by atoms with E-state index in [2.05, 4.69) is 25.4 Å². The summed E-state index contributed by atoms with van der Waals surface area (Å²) in [5.41, 5.74) is 2.10. The van der Waals surface area contributed by atoms with E-state index >= 15 is 0 Å². The molecule has 1 amide bonds. The zero-order chi connectivity index (χ0) is 13.8. The number of hydrogen-bond donors (Lipinski definition) is 1. The molecule has 0 bridgehead atoms. The Bertz CT molecular complexity index is 583. The summed E-state index contributed by atoms with van der Waals surface area (Å²) in [6.45, 7) is 2.76. The van der Waals surface area contributed by atoms with Crippen LogP contribution >= 0.6 is 11.3 Å². The molecule has 0 radical (unpaired) electrons. The SMILES string of the molecule is O=C(Nc1nncs1)c1cccnc1N1CCOCC1. The fraction of sp³-hybridized carbons (Fsp3) is 0.333. The van der Waals surface area contributed by atoms with Gasteiger partial charge in [-0.2, -0.15) is 0 Å². The van der Waals surface area contributed by atoms with Gasteiger partial charge in [0.25, 0.3) is 5.91 Å². The first-order chi connectivity index (χ1) is 9.84. The fourth-order valence-corrected chi connectivity index (χ4v) is 2.43. The van der Waals surface area contributed by atoms with Gasteiger partial charge in [0.15, 0.2) is 0 Å². The third kappa shape index (κ3) is 2.75. The van der Waals surface area contributed by atoms with E-state index in [-0.39, 0.29) is 5.91 Å². The number of amides is 1. The monoisotopic (exact) mass is 291 g/mol. The van der Waals surface area contributed by atoms with Crippen LogP contribution < -0.4 is 10.2 Å². The van der Waals surface area contributed by atoms with E-state index in [0.29, 0.717) is 29.7 Å². The summed E-state index contributed by atoms with van der Waals surface area (Å²) in [6, 6.07) is 3.51. The molecular formula is C12H13N5O2S. The minimum atomic E-state index is -0.226. The summed E-state index contributed by atoms with van der Waals surface area (Å²) in [6.07, 6.45) is 1.69. The average Bonchev–Trinajstić information content (AvgIpc) is 3.01. The number of ether oxygens (including phenoxy) is 1. The van der Waals surface area contributed by atoms with Crippen molar-refractivity contribution in [2.45, 2.75) is 0 Å². The minimum absolute atomic E-state index is 0.226. The molecule has 1 aliphatic rings. The summed E-state index contributed by atoms with van der Waals surface area (Å²) >= 11 is 1.28. The molecular weight excluding hydrogens is 278 g/mol. The maximum absolute atomic E-state index is 12.3. The Morgan fingerprint density at radius 3 is 3.00 bits per heavy atom. The van der Waals surface area contributed by atoms with Crippen LogP contribution in [0, 0.1) is 0 Å². The lowest BCUT2D eigenvalue weighted by molar-refractivity contribution is 0.102. The number of carbonyl (C=O) groups is 1. The maximum atomic E-state index is 12.3. The van der Waals surface area contributed by atoms with E-state index in [1.807, 2.05) is 0 Å². The van der Waals surface area contributed by atoms with Gasteiger partial charge in [-0.25, -0.2) is 4.98 Å². The molecule has 104 valence electrons. The van der Waals surface area contributed by atoms with Crippen LogP contribution in [0.15, 0.2) is 23.8 Å². The molecule has 2 aromatic rings. The van der Waals surface area contributed by atoms with Crippen molar-refractivity contribution in [3.8, 4) is 0 Å². The number of nitrogens with zero attached hydrogens (tertiary/aromatic N) is 4. The Morgan fingerprint density at radius 2 is 2.25 bits per heavy atom. The van der Waals surface area contributed by atoms with E-state index in [1.165, 1.54) is 11.3 Å². The average molecular weight is 291 g/mol. The number of nitrogens with one attached hydrogen (secondary N) is 1. The number of anilines is 2. The van der Waals surface area contributed by atoms with Crippen molar-refractivity contribution in [1.82, 2.24) is 15.2 Å². The van der Waals surface area contributed by atoms with Crippen LogP contribution in [0.25, 0.3) is 0 Å². The first kappa shape index (κ1) is 12.9. The molecule has 2 aromatic heterocycles. The van der Waals surface area contributed by atoms with Gasteiger partial charge >= 0.3 is 0 Å². The number of hydrogen-bond acceptors (Lipinski definition) is 7. The highest BCUT2D eigenvalue weighted by atomic mass is 32.1. The number of aromatic nitrogens is 3. The van der Waals surface area contributed by atoms with Gasteiger partial charge in [0.2, 0.25) is 5.13 Å². The highest BCUT2D eigenvalue weighted by molar-refractivity contribution is 7.13. The van der Waals surface area contributed by atoms with Crippen LogP contribution in [0.5, 0.6) is 0 Å². The summed E-state index contributed by atoms with van der Waals surface area (Å²) in [5.74, 6) is 0.453. The van der Waals surface area contributed by atoms with E-state index in [0.717, 1.165) is 13.1 Å². The van der Waals surface area contributed by atoms with E-state index in [9.17, 15) is 4.79 Å². The highest BCUT2D eigenvalue weighted by Crippen LogP contribution is 2.20. The molecule has 0 unspecified atom stereocenters. The van der Waals surface area contributed by atoms with Crippen LogP contribution in [0.2, 0.25) is 0 Å². The lowest BCUT2D eigenvalue weighted by Gasteiger charge is -2.28. The van der Waals surface area contributed by atoms with Gasteiger partial charge < -0.3 is 9.64 Å². The molecule has 7 nitrogen and oxygen atoms in total. The third-order valence-electron chi connectivity index (χ3n) is 2.92. The van der Waals surface area contributed by atoms with Crippen molar-refractivity contribution in [2.75, 3.05) is 36.5 Å². The van der Waals surface area contributed by atoms with E-state index in [4.69, 9.17) is 4.74 Å². The number of morpholine rings is 1. The standard InChI is InChI=1S/C12H13N5O2S/c18-11(15-12-16-14-8-20-12)9-2-1-3-13-10(9)17-4-6-19-7-5-17/h1-3,8H,4-7H2,(H,15,16,18). The molecule has 0 atom stereocenters. The molecule has 0 aliphatic carbocycles. The largest absolute Gasteiger partial charge is 0.378 e. The van der Waals surface area contributed by atoms with Crippen LogP contribution in [-0.2, 0) is 4.74 Å². The van der Waals surface area contributed by atoms with Gasteiger partial charge in [0.1, 0.15) is 11.3 Å². The van der Waals surface area contributed by atoms with Crippen molar-refractivity contribution in [2.24, 2.45) is 0 Å².